The van der Waals surface area contributed by atoms with Gasteiger partial charge in [-0.05, 0) is 31.8 Å². The van der Waals surface area contributed by atoms with Crippen LogP contribution in [0.4, 0.5) is 0 Å². The maximum absolute atomic E-state index is 12.6. The van der Waals surface area contributed by atoms with Crippen molar-refractivity contribution in [1.29, 1.82) is 0 Å². The zero-order valence-electron chi connectivity index (χ0n) is 14.6. The molecular weight excluding hydrogens is 304 g/mol. The number of carbonyl (C=O) groups excluding carboxylic acids is 1. The summed E-state index contributed by atoms with van der Waals surface area (Å²) in [6, 6.07) is 15.5. The summed E-state index contributed by atoms with van der Waals surface area (Å²) >= 11 is 0. The Labute approximate surface area is 143 Å². The van der Waals surface area contributed by atoms with Crippen LogP contribution in [0.5, 0.6) is 11.5 Å². The molecule has 0 spiro atoms. The van der Waals surface area contributed by atoms with Crippen molar-refractivity contribution in [3.8, 4) is 11.5 Å². The largest absolute Gasteiger partial charge is 0.493 e. The van der Waals surface area contributed by atoms with E-state index in [2.05, 4.69) is 22.3 Å². The van der Waals surface area contributed by atoms with E-state index in [0.29, 0.717) is 23.6 Å². The molecule has 0 saturated heterocycles. The van der Waals surface area contributed by atoms with Gasteiger partial charge in [0.25, 0.3) is 5.91 Å². The van der Waals surface area contributed by atoms with Crippen molar-refractivity contribution in [2.24, 2.45) is 0 Å². The maximum Gasteiger partial charge on any atom is 0.255 e. The second kappa shape index (κ2) is 8.36. The predicted molar refractivity (Wildman–Crippen MR) is 94.7 cm³/mol. The summed E-state index contributed by atoms with van der Waals surface area (Å²) in [5.74, 6) is 0.796. The van der Waals surface area contributed by atoms with E-state index < -0.39 is 0 Å². The summed E-state index contributed by atoms with van der Waals surface area (Å²) < 4.78 is 10.6. The second-order valence-electron chi connectivity index (χ2n) is 5.64. The predicted octanol–water partition coefficient (Wildman–Crippen LogP) is 2.74. The van der Waals surface area contributed by atoms with Crippen molar-refractivity contribution < 1.29 is 14.3 Å². The average molecular weight is 328 g/mol. The van der Waals surface area contributed by atoms with E-state index in [1.807, 2.05) is 32.3 Å². The highest BCUT2D eigenvalue weighted by molar-refractivity contribution is 5.97. The number of para-hydroxylation sites is 1. The van der Waals surface area contributed by atoms with E-state index in [9.17, 15) is 4.79 Å². The van der Waals surface area contributed by atoms with Crippen LogP contribution < -0.4 is 14.8 Å². The van der Waals surface area contributed by atoms with Gasteiger partial charge in [-0.3, -0.25) is 4.79 Å². The molecule has 0 radical (unpaired) electrons. The van der Waals surface area contributed by atoms with Crippen LogP contribution in [0.15, 0.2) is 48.5 Å². The molecule has 2 aromatic carbocycles. The number of carbonyl (C=O) groups is 1. The monoisotopic (exact) mass is 328 g/mol. The number of rotatable bonds is 7. The summed E-state index contributed by atoms with van der Waals surface area (Å²) in [6.45, 7) is 0.496. The van der Waals surface area contributed by atoms with Gasteiger partial charge in [0.15, 0.2) is 11.5 Å². The van der Waals surface area contributed by atoms with Crippen LogP contribution in [0.25, 0.3) is 0 Å². The molecular formula is C19H24N2O3. The molecule has 5 nitrogen and oxygen atoms in total. The smallest absolute Gasteiger partial charge is 0.255 e. The first kappa shape index (κ1) is 17.8. The first-order valence-corrected chi connectivity index (χ1v) is 7.79. The van der Waals surface area contributed by atoms with Gasteiger partial charge in [0.1, 0.15) is 0 Å². The van der Waals surface area contributed by atoms with Crippen LogP contribution in [-0.2, 0) is 0 Å². The molecule has 0 aliphatic carbocycles. The molecule has 5 heteroatoms. The Morgan fingerprint density at radius 2 is 1.75 bits per heavy atom. The third-order valence-electron chi connectivity index (χ3n) is 3.91. The Morgan fingerprint density at radius 3 is 2.33 bits per heavy atom. The minimum absolute atomic E-state index is 0.0896. The van der Waals surface area contributed by atoms with Gasteiger partial charge in [0.05, 0.1) is 25.8 Å². The zero-order chi connectivity index (χ0) is 17.5. The van der Waals surface area contributed by atoms with E-state index >= 15 is 0 Å². The molecule has 0 aromatic heterocycles. The quantitative estimate of drug-likeness (QED) is 0.849. The molecule has 0 bridgehead atoms. The van der Waals surface area contributed by atoms with E-state index in [-0.39, 0.29) is 11.9 Å². The lowest BCUT2D eigenvalue weighted by Gasteiger charge is -2.25. The fourth-order valence-electron chi connectivity index (χ4n) is 2.62. The Balaban J connectivity index is 2.15. The number of likely N-dealkylation sites (N-methyl/N-ethyl adjacent to an activating group) is 1. The molecule has 2 aromatic rings. The summed E-state index contributed by atoms with van der Waals surface area (Å²) in [5, 5.41) is 2.99. The molecule has 0 saturated carbocycles. The highest BCUT2D eigenvalue weighted by atomic mass is 16.5. The van der Waals surface area contributed by atoms with E-state index in [4.69, 9.17) is 9.47 Å². The summed E-state index contributed by atoms with van der Waals surface area (Å²) in [4.78, 5) is 14.7. The summed E-state index contributed by atoms with van der Waals surface area (Å²) in [5.41, 5.74) is 1.61. The maximum atomic E-state index is 12.6. The number of hydrogen-bond acceptors (Lipinski definition) is 4. The van der Waals surface area contributed by atoms with Crippen molar-refractivity contribution >= 4 is 5.91 Å². The summed E-state index contributed by atoms with van der Waals surface area (Å²) in [6.07, 6.45) is 0. The Morgan fingerprint density at radius 1 is 1.04 bits per heavy atom. The molecule has 0 aliphatic heterocycles. The van der Waals surface area contributed by atoms with Gasteiger partial charge >= 0.3 is 0 Å². The Hall–Kier alpha value is -2.53. The number of benzene rings is 2. The third-order valence-corrected chi connectivity index (χ3v) is 3.91. The second-order valence-corrected chi connectivity index (χ2v) is 5.64. The number of amides is 1. The van der Waals surface area contributed by atoms with Gasteiger partial charge in [-0.25, -0.2) is 0 Å². The lowest BCUT2D eigenvalue weighted by atomic mass is 10.1. The number of nitrogens with zero attached hydrogens (tertiary/aromatic N) is 1. The number of ether oxygens (including phenoxy) is 2. The van der Waals surface area contributed by atoms with E-state index in [1.165, 1.54) is 7.11 Å². The fraction of sp³-hybridized carbons (Fsp3) is 0.316. The van der Waals surface area contributed by atoms with Gasteiger partial charge in [-0.1, -0.05) is 36.4 Å². The number of hydrogen-bond donors (Lipinski definition) is 1. The minimum Gasteiger partial charge on any atom is -0.493 e. The van der Waals surface area contributed by atoms with Crippen molar-refractivity contribution in [1.82, 2.24) is 10.2 Å². The lowest BCUT2D eigenvalue weighted by Crippen LogP contribution is -2.34. The van der Waals surface area contributed by atoms with Crippen molar-refractivity contribution in [2.45, 2.75) is 6.04 Å². The van der Waals surface area contributed by atoms with Gasteiger partial charge in [0, 0.05) is 6.54 Å². The topological polar surface area (TPSA) is 50.8 Å². The zero-order valence-corrected chi connectivity index (χ0v) is 14.6. The molecule has 2 rings (SSSR count). The van der Waals surface area contributed by atoms with Gasteiger partial charge in [0.2, 0.25) is 0 Å². The first-order valence-electron chi connectivity index (χ1n) is 7.79. The molecule has 0 heterocycles. The summed E-state index contributed by atoms with van der Waals surface area (Å²) in [7, 11) is 7.07. The Kier molecular flexibility index (Phi) is 6.21. The van der Waals surface area contributed by atoms with Crippen molar-refractivity contribution in [3.63, 3.8) is 0 Å². The molecule has 128 valence electrons. The van der Waals surface area contributed by atoms with E-state index in [0.717, 1.165) is 5.56 Å². The van der Waals surface area contributed by atoms with Crippen LogP contribution in [0.2, 0.25) is 0 Å². The highest BCUT2D eigenvalue weighted by Crippen LogP contribution is 2.30. The SMILES string of the molecule is COc1cccc(C(=O)NCC(c2ccccc2)N(C)C)c1OC. The average Bonchev–Trinajstić information content (AvgIpc) is 2.61. The third kappa shape index (κ3) is 4.06. The number of methoxy groups -OCH3 is 2. The van der Waals surface area contributed by atoms with Gasteiger partial charge in [-0.2, -0.15) is 0 Å². The van der Waals surface area contributed by atoms with Crippen LogP contribution >= 0.6 is 0 Å². The van der Waals surface area contributed by atoms with Crippen molar-refractivity contribution in [2.75, 3.05) is 34.9 Å². The molecule has 1 N–H and O–H groups in total. The minimum atomic E-state index is -0.187. The molecule has 1 atom stereocenters. The van der Waals surface area contributed by atoms with Crippen LogP contribution in [0.3, 0.4) is 0 Å². The Bertz CT molecular complexity index is 672. The van der Waals surface area contributed by atoms with Gasteiger partial charge < -0.3 is 19.7 Å². The standard InChI is InChI=1S/C19H24N2O3/c1-21(2)16(14-9-6-5-7-10-14)13-20-19(22)15-11-8-12-17(23-3)18(15)24-4/h5-12,16H,13H2,1-4H3,(H,20,22). The molecule has 1 amide bonds. The fourth-order valence-corrected chi connectivity index (χ4v) is 2.62. The molecule has 24 heavy (non-hydrogen) atoms. The van der Waals surface area contributed by atoms with Crippen molar-refractivity contribution in [3.05, 3.63) is 59.7 Å². The van der Waals surface area contributed by atoms with Crippen LogP contribution in [-0.4, -0.2) is 45.7 Å². The van der Waals surface area contributed by atoms with E-state index in [1.54, 1.807) is 25.3 Å². The normalized spacial score (nSPS) is 11.9. The van der Waals surface area contributed by atoms with Crippen LogP contribution in [0.1, 0.15) is 22.0 Å². The molecule has 1 unspecified atom stereocenters. The number of nitrogens with one attached hydrogen (secondary N) is 1. The lowest BCUT2D eigenvalue weighted by molar-refractivity contribution is 0.0938. The molecule has 0 fully saturated rings. The highest BCUT2D eigenvalue weighted by Gasteiger charge is 2.19. The molecule has 0 aliphatic rings. The first-order chi connectivity index (χ1) is 11.6. The van der Waals surface area contributed by atoms with Crippen LogP contribution in [0, 0.1) is 0 Å². The van der Waals surface area contributed by atoms with Gasteiger partial charge in [-0.15, -0.1) is 0 Å².